The predicted molar refractivity (Wildman–Crippen MR) is 90.8 cm³/mol. The standard InChI is InChI=1S/C19H23NO3/c1-3-18(23-17-7-5-4-6-8-17)19(21)20-13-14-22-16-11-9-15(2)10-12-16/h4-12,18H,3,13-14H2,1-2H3,(H,20,21)/t18-/m0/s1. The Kier molecular flexibility index (Phi) is 6.48. The number of carbonyl (C=O) groups is 1. The van der Waals surface area contributed by atoms with Crippen LogP contribution in [0.3, 0.4) is 0 Å². The molecule has 0 fully saturated rings. The van der Waals surface area contributed by atoms with Crippen molar-refractivity contribution in [3.63, 3.8) is 0 Å². The lowest BCUT2D eigenvalue weighted by Crippen LogP contribution is -2.39. The highest BCUT2D eigenvalue weighted by Gasteiger charge is 2.17. The number of hydrogen-bond donors (Lipinski definition) is 1. The van der Waals surface area contributed by atoms with Gasteiger partial charge in [0.25, 0.3) is 5.91 Å². The van der Waals surface area contributed by atoms with Gasteiger partial charge in [-0.25, -0.2) is 0 Å². The fraction of sp³-hybridized carbons (Fsp3) is 0.316. The maximum atomic E-state index is 12.1. The second kappa shape index (κ2) is 8.83. The Morgan fingerprint density at radius 1 is 1.04 bits per heavy atom. The summed E-state index contributed by atoms with van der Waals surface area (Å²) in [6.45, 7) is 4.83. The maximum absolute atomic E-state index is 12.1. The number of amides is 1. The highest BCUT2D eigenvalue weighted by Crippen LogP contribution is 2.13. The van der Waals surface area contributed by atoms with Crippen molar-refractivity contribution < 1.29 is 14.3 Å². The normalized spacial score (nSPS) is 11.6. The van der Waals surface area contributed by atoms with Gasteiger partial charge in [0.05, 0.1) is 6.54 Å². The minimum absolute atomic E-state index is 0.121. The molecule has 1 atom stereocenters. The third-order valence-corrected chi connectivity index (χ3v) is 3.38. The molecular formula is C19H23NO3. The van der Waals surface area contributed by atoms with E-state index in [0.717, 1.165) is 5.75 Å². The summed E-state index contributed by atoms with van der Waals surface area (Å²) < 4.78 is 11.3. The van der Waals surface area contributed by atoms with Crippen molar-refractivity contribution in [2.45, 2.75) is 26.4 Å². The van der Waals surface area contributed by atoms with Gasteiger partial charge in [0, 0.05) is 0 Å². The lowest BCUT2D eigenvalue weighted by Gasteiger charge is -2.17. The smallest absolute Gasteiger partial charge is 0.261 e. The first-order chi connectivity index (χ1) is 11.2. The third-order valence-electron chi connectivity index (χ3n) is 3.38. The number of benzene rings is 2. The molecule has 2 aromatic carbocycles. The molecule has 0 aromatic heterocycles. The van der Waals surface area contributed by atoms with Crippen LogP contribution in [0.4, 0.5) is 0 Å². The van der Waals surface area contributed by atoms with Crippen molar-refractivity contribution in [3.05, 3.63) is 60.2 Å². The Morgan fingerprint density at radius 3 is 2.39 bits per heavy atom. The monoisotopic (exact) mass is 313 g/mol. The number of hydrogen-bond acceptors (Lipinski definition) is 3. The van der Waals surface area contributed by atoms with E-state index in [-0.39, 0.29) is 5.91 Å². The molecule has 0 unspecified atom stereocenters. The summed E-state index contributed by atoms with van der Waals surface area (Å²) in [6.07, 6.45) is 0.122. The van der Waals surface area contributed by atoms with Gasteiger partial charge in [-0.2, -0.15) is 0 Å². The van der Waals surface area contributed by atoms with E-state index in [4.69, 9.17) is 9.47 Å². The minimum atomic E-state index is -0.489. The molecule has 0 spiro atoms. The van der Waals surface area contributed by atoms with E-state index in [1.165, 1.54) is 5.56 Å². The van der Waals surface area contributed by atoms with E-state index in [9.17, 15) is 4.79 Å². The molecule has 1 amide bonds. The Balaban J connectivity index is 1.73. The average Bonchev–Trinajstić information content (AvgIpc) is 2.59. The molecule has 0 radical (unpaired) electrons. The van der Waals surface area contributed by atoms with Crippen LogP contribution in [0.5, 0.6) is 11.5 Å². The summed E-state index contributed by atoms with van der Waals surface area (Å²) >= 11 is 0. The zero-order valence-electron chi connectivity index (χ0n) is 13.6. The molecule has 4 heteroatoms. The topological polar surface area (TPSA) is 47.6 Å². The number of carbonyl (C=O) groups excluding carboxylic acids is 1. The van der Waals surface area contributed by atoms with E-state index >= 15 is 0 Å². The zero-order valence-corrected chi connectivity index (χ0v) is 13.6. The van der Waals surface area contributed by atoms with Crippen LogP contribution in [-0.4, -0.2) is 25.2 Å². The second-order valence-electron chi connectivity index (χ2n) is 5.28. The summed E-state index contributed by atoms with van der Waals surface area (Å²) in [5.74, 6) is 1.38. The van der Waals surface area contributed by atoms with Gasteiger partial charge in [-0.1, -0.05) is 42.8 Å². The van der Waals surface area contributed by atoms with Crippen LogP contribution in [0.2, 0.25) is 0 Å². The van der Waals surface area contributed by atoms with Gasteiger partial charge >= 0.3 is 0 Å². The molecule has 0 aliphatic rings. The van der Waals surface area contributed by atoms with Gasteiger partial charge in [0.15, 0.2) is 6.10 Å². The molecule has 23 heavy (non-hydrogen) atoms. The number of rotatable bonds is 8. The van der Waals surface area contributed by atoms with Crippen LogP contribution < -0.4 is 14.8 Å². The Hall–Kier alpha value is -2.49. The first-order valence-corrected chi connectivity index (χ1v) is 7.88. The zero-order chi connectivity index (χ0) is 16.5. The lowest BCUT2D eigenvalue weighted by atomic mass is 10.2. The summed E-state index contributed by atoms with van der Waals surface area (Å²) in [5.41, 5.74) is 1.19. The number of aryl methyl sites for hydroxylation is 1. The first-order valence-electron chi connectivity index (χ1n) is 7.88. The highest BCUT2D eigenvalue weighted by molar-refractivity contribution is 5.81. The summed E-state index contributed by atoms with van der Waals surface area (Å²) in [6, 6.07) is 17.2. The summed E-state index contributed by atoms with van der Waals surface area (Å²) in [4.78, 5) is 12.1. The van der Waals surface area contributed by atoms with Gasteiger partial charge in [0.2, 0.25) is 0 Å². The predicted octanol–water partition coefficient (Wildman–Crippen LogP) is 3.35. The van der Waals surface area contributed by atoms with Gasteiger partial charge in [0.1, 0.15) is 18.1 Å². The third kappa shape index (κ3) is 5.66. The molecule has 0 heterocycles. The van der Waals surface area contributed by atoms with E-state index in [1.54, 1.807) is 0 Å². The fourth-order valence-electron chi connectivity index (χ4n) is 2.08. The van der Waals surface area contributed by atoms with Gasteiger partial charge in [-0.05, 0) is 37.6 Å². The Morgan fingerprint density at radius 2 is 1.74 bits per heavy atom. The average molecular weight is 313 g/mol. The molecule has 0 aliphatic heterocycles. The van der Waals surface area contributed by atoms with Gasteiger partial charge < -0.3 is 14.8 Å². The van der Waals surface area contributed by atoms with Crippen LogP contribution in [0, 0.1) is 6.92 Å². The summed E-state index contributed by atoms with van der Waals surface area (Å²) in [7, 11) is 0. The molecule has 2 rings (SSSR count). The van der Waals surface area contributed by atoms with Crippen LogP contribution in [0.1, 0.15) is 18.9 Å². The van der Waals surface area contributed by atoms with E-state index in [0.29, 0.717) is 25.3 Å². The van der Waals surface area contributed by atoms with Crippen molar-refractivity contribution in [3.8, 4) is 11.5 Å². The fourth-order valence-corrected chi connectivity index (χ4v) is 2.08. The summed E-state index contributed by atoms with van der Waals surface area (Å²) in [5, 5.41) is 2.85. The largest absolute Gasteiger partial charge is 0.492 e. The Labute approximate surface area is 137 Å². The van der Waals surface area contributed by atoms with Crippen LogP contribution in [-0.2, 0) is 4.79 Å². The SMILES string of the molecule is CC[C@H](Oc1ccccc1)C(=O)NCCOc1ccc(C)cc1. The van der Waals surface area contributed by atoms with E-state index < -0.39 is 6.10 Å². The molecule has 4 nitrogen and oxygen atoms in total. The molecule has 0 saturated carbocycles. The van der Waals surface area contributed by atoms with Crippen molar-refractivity contribution in [1.82, 2.24) is 5.32 Å². The van der Waals surface area contributed by atoms with Crippen molar-refractivity contribution >= 4 is 5.91 Å². The van der Waals surface area contributed by atoms with E-state index in [1.807, 2.05) is 68.4 Å². The minimum Gasteiger partial charge on any atom is -0.492 e. The van der Waals surface area contributed by atoms with Crippen molar-refractivity contribution in [2.75, 3.05) is 13.2 Å². The number of ether oxygens (including phenoxy) is 2. The molecule has 0 bridgehead atoms. The first kappa shape index (κ1) is 16.9. The van der Waals surface area contributed by atoms with Gasteiger partial charge in [-0.15, -0.1) is 0 Å². The second-order valence-corrected chi connectivity index (χ2v) is 5.28. The Bertz CT molecular complexity index is 596. The van der Waals surface area contributed by atoms with Gasteiger partial charge in [-0.3, -0.25) is 4.79 Å². The van der Waals surface area contributed by atoms with Crippen molar-refractivity contribution in [1.29, 1.82) is 0 Å². The van der Waals surface area contributed by atoms with Crippen LogP contribution in [0.25, 0.3) is 0 Å². The maximum Gasteiger partial charge on any atom is 0.261 e. The van der Waals surface area contributed by atoms with E-state index in [2.05, 4.69) is 5.32 Å². The molecule has 122 valence electrons. The molecule has 0 saturated heterocycles. The molecule has 0 aliphatic carbocycles. The number of nitrogens with one attached hydrogen (secondary N) is 1. The molecule has 1 N–H and O–H groups in total. The molecular weight excluding hydrogens is 290 g/mol. The number of para-hydroxylation sites is 1. The quantitative estimate of drug-likeness (QED) is 0.760. The highest BCUT2D eigenvalue weighted by atomic mass is 16.5. The van der Waals surface area contributed by atoms with Crippen LogP contribution >= 0.6 is 0 Å². The van der Waals surface area contributed by atoms with Crippen LogP contribution in [0.15, 0.2) is 54.6 Å². The van der Waals surface area contributed by atoms with Crippen molar-refractivity contribution in [2.24, 2.45) is 0 Å². The molecule has 2 aromatic rings. The lowest BCUT2D eigenvalue weighted by molar-refractivity contribution is -0.128.